The lowest BCUT2D eigenvalue weighted by Gasteiger charge is -2.12. The summed E-state index contributed by atoms with van der Waals surface area (Å²) in [6, 6.07) is 30.7. The predicted octanol–water partition coefficient (Wildman–Crippen LogP) is 5.24. The number of nitrogens with zero attached hydrogens (tertiary/aromatic N) is 1. The molecular weight excluding hydrogens is 322 g/mol. The van der Waals surface area contributed by atoms with Crippen LogP contribution in [0.3, 0.4) is 0 Å². The van der Waals surface area contributed by atoms with Gasteiger partial charge in [0.25, 0.3) is 0 Å². The lowest BCUT2D eigenvalue weighted by Crippen LogP contribution is -2.12. The van der Waals surface area contributed by atoms with Gasteiger partial charge >= 0.3 is 0 Å². The van der Waals surface area contributed by atoms with Gasteiger partial charge in [-0.1, -0.05) is 78.9 Å². The third-order valence-corrected chi connectivity index (χ3v) is 4.28. The first kappa shape index (κ1) is 16.4. The standard InChI is InChI=1S/C15H13NO.C8H8O/c1-3-7-13(8-4-1)15-11-16(12-17-15)14-9-5-2-6-10-14;1-2-4-7(5-3-1)8-6-9-8/h1-11H,12H2;1-5,8H,6H2. The van der Waals surface area contributed by atoms with E-state index in [2.05, 4.69) is 41.3 Å². The second-order valence-corrected chi connectivity index (χ2v) is 6.17. The van der Waals surface area contributed by atoms with Gasteiger partial charge in [-0.05, 0) is 17.7 Å². The molecule has 0 amide bonds. The summed E-state index contributed by atoms with van der Waals surface area (Å²) in [6.07, 6.45) is 2.45. The quantitative estimate of drug-likeness (QED) is 0.608. The van der Waals surface area contributed by atoms with E-state index in [1.54, 1.807) is 0 Å². The minimum absolute atomic E-state index is 0.409. The van der Waals surface area contributed by atoms with Crippen LogP contribution in [0.5, 0.6) is 0 Å². The molecule has 3 aromatic rings. The third-order valence-electron chi connectivity index (χ3n) is 4.28. The summed E-state index contributed by atoms with van der Waals surface area (Å²) in [7, 11) is 0. The van der Waals surface area contributed by atoms with Gasteiger partial charge in [-0.15, -0.1) is 0 Å². The molecule has 0 saturated carbocycles. The largest absolute Gasteiger partial charge is 0.471 e. The summed E-state index contributed by atoms with van der Waals surface area (Å²) >= 11 is 0. The van der Waals surface area contributed by atoms with Gasteiger partial charge in [0.1, 0.15) is 11.9 Å². The summed E-state index contributed by atoms with van der Waals surface area (Å²) in [6.45, 7) is 1.48. The van der Waals surface area contributed by atoms with Crippen LogP contribution >= 0.6 is 0 Å². The Labute approximate surface area is 154 Å². The monoisotopic (exact) mass is 343 g/mol. The number of hydrogen-bond donors (Lipinski definition) is 0. The van der Waals surface area contributed by atoms with Crippen molar-refractivity contribution in [3.05, 3.63) is 108 Å². The first-order chi connectivity index (χ1) is 12.9. The highest BCUT2D eigenvalue weighted by Gasteiger charge is 2.23. The van der Waals surface area contributed by atoms with Gasteiger partial charge in [0, 0.05) is 11.3 Å². The van der Waals surface area contributed by atoms with Gasteiger partial charge in [-0.25, -0.2) is 0 Å². The molecule has 3 nitrogen and oxygen atoms in total. The molecule has 5 rings (SSSR count). The molecule has 26 heavy (non-hydrogen) atoms. The number of anilines is 1. The second kappa shape index (κ2) is 7.89. The maximum Gasteiger partial charge on any atom is 0.165 e. The molecule has 130 valence electrons. The number of ether oxygens (including phenoxy) is 2. The zero-order valence-electron chi connectivity index (χ0n) is 14.5. The Kier molecular flexibility index (Phi) is 4.99. The molecule has 1 atom stereocenters. The summed E-state index contributed by atoms with van der Waals surface area (Å²) in [5, 5.41) is 0. The predicted molar refractivity (Wildman–Crippen MR) is 104 cm³/mol. The van der Waals surface area contributed by atoms with Crippen molar-refractivity contribution in [2.24, 2.45) is 0 Å². The molecule has 0 radical (unpaired) electrons. The summed E-state index contributed by atoms with van der Waals surface area (Å²) in [4.78, 5) is 2.10. The van der Waals surface area contributed by atoms with Crippen molar-refractivity contribution in [1.29, 1.82) is 0 Å². The van der Waals surface area contributed by atoms with Crippen LogP contribution in [-0.2, 0) is 9.47 Å². The maximum atomic E-state index is 5.69. The van der Waals surface area contributed by atoms with Gasteiger partial charge < -0.3 is 14.4 Å². The normalized spacial score (nSPS) is 17.6. The molecular formula is C23H21NO2. The molecule has 2 aliphatic heterocycles. The molecule has 2 heterocycles. The van der Waals surface area contributed by atoms with E-state index in [4.69, 9.17) is 9.47 Å². The van der Waals surface area contributed by atoms with Crippen molar-refractivity contribution in [2.45, 2.75) is 6.10 Å². The summed E-state index contributed by atoms with van der Waals surface area (Å²) < 4.78 is 10.8. The van der Waals surface area contributed by atoms with Crippen molar-refractivity contribution in [2.75, 3.05) is 18.2 Å². The molecule has 0 spiro atoms. The first-order valence-corrected chi connectivity index (χ1v) is 8.78. The molecule has 1 unspecified atom stereocenters. The number of para-hydroxylation sites is 1. The SMILES string of the molecule is C1=C(c2ccccc2)OCN1c1ccccc1.c1ccc(C2CO2)cc1. The van der Waals surface area contributed by atoms with Crippen LogP contribution in [0, 0.1) is 0 Å². The van der Waals surface area contributed by atoms with E-state index in [0.29, 0.717) is 12.8 Å². The van der Waals surface area contributed by atoms with Crippen molar-refractivity contribution >= 4 is 11.4 Å². The number of hydrogen-bond acceptors (Lipinski definition) is 3. The molecule has 2 aliphatic rings. The summed E-state index contributed by atoms with van der Waals surface area (Å²) in [5.74, 6) is 0.925. The van der Waals surface area contributed by atoms with E-state index >= 15 is 0 Å². The Morgan fingerprint density at radius 3 is 1.92 bits per heavy atom. The first-order valence-electron chi connectivity index (χ1n) is 8.78. The fourth-order valence-corrected chi connectivity index (χ4v) is 2.79. The Morgan fingerprint density at radius 1 is 0.731 bits per heavy atom. The van der Waals surface area contributed by atoms with Crippen LogP contribution in [0.1, 0.15) is 17.2 Å². The van der Waals surface area contributed by atoms with Gasteiger partial charge in [-0.3, -0.25) is 0 Å². The van der Waals surface area contributed by atoms with E-state index in [1.165, 1.54) is 5.56 Å². The van der Waals surface area contributed by atoms with Crippen LogP contribution in [-0.4, -0.2) is 13.3 Å². The minimum atomic E-state index is 0.409. The van der Waals surface area contributed by atoms with E-state index in [9.17, 15) is 0 Å². The molecule has 0 aromatic heterocycles. The molecule has 1 fully saturated rings. The number of epoxide rings is 1. The fraction of sp³-hybridized carbons (Fsp3) is 0.130. The van der Waals surface area contributed by atoms with Crippen LogP contribution in [0.15, 0.2) is 97.2 Å². The van der Waals surface area contributed by atoms with Gasteiger partial charge in [0.2, 0.25) is 0 Å². The highest BCUT2D eigenvalue weighted by molar-refractivity contribution is 5.66. The average Bonchev–Trinajstić information content (AvgIpc) is 3.47. The number of benzene rings is 3. The maximum absolute atomic E-state index is 5.69. The Balaban J connectivity index is 0.000000157. The van der Waals surface area contributed by atoms with E-state index in [1.807, 2.05) is 60.8 Å². The fourth-order valence-electron chi connectivity index (χ4n) is 2.79. The molecule has 3 aromatic carbocycles. The molecule has 1 saturated heterocycles. The minimum Gasteiger partial charge on any atom is -0.471 e. The van der Waals surface area contributed by atoms with Crippen molar-refractivity contribution in [3.63, 3.8) is 0 Å². The second-order valence-electron chi connectivity index (χ2n) is 6.17. The molecule has 0 N–H and O–H groups in total. The van der Waals surface area contributed by atoms with Crippen molar-refractivity contribution in [3.8, 4) is 0 Å². The summed E-state index contributed by atoms with van der Waals surface area (Å²) in [5.41, 5.74) is 3.57. The van der Waals surface area contributed by atoms with E-state index in [0.717, 1.165) is 23.6 Å². The van der Waals surface area contributed by atoms with Gasteiger partial charge in [0.05, 0.1) is 12.8 Å². The zero-order valence-corrected chi connectivity index (χ0v) is 14.5. The van der Waals surface area contributed by atoms with Crippen LogP contribution in [0.4, 0.5) is 5.69 Å². The van der Waals surface area contributed by atoms with Gasteiger partial charge in [-0.2, -0.15) is 0 Å². The van der Waals surface area contributed by atoms with Crippen LogP contribution < -0.4 is 4.90 Å². The van der Waals surface area contributed by atoms with Crippen LogP contribution in [0.25, 0.3) is 5.76 Å². The molecule has 3 heteroatoms. The molecule has 0 aliphatic carbocycles. The topological polar surface area (TPSA) is 25.0 Å². The zero-order chi connectivity index (χ0) is 17.6. The Bertz CT molecular complexity index is 843. The smallest absolute Gasteiger partial charge is 0.165 e. The van der Waals surface area contributed by atoms with E-state index < -0.39 is 0 Å². The Hall–Kier alpha value is -3.04. The highest BCUT2D eigenvalue weighted by Crippen LogP contribution is 2.28. The van der Waals surface area contributed by atoms with Crippen molar-refractivity contribution < 1.29 is 9.47 Å². The van der Waals surface area contributed by atoms with Gasteiger partial charge in [0.15, 0.2) is 6.73 Å². The third kappa shape index (κ3) is 4.13. The number of rotatable bonds is 3. The lowest BCUT2D eigenvalue weighted by molar-refractivity contribution is 0.308. The lowest BCUT2D eigenvalue weighted by atomic mass is 10.2. The van der Waals surface area contributed by atoms with Crippen molar-refractivity contribution in [1.82, 2.24) is 0 Å². The average molecular weight is 343 g/mol. The Morgan fingerprint density at radius 2 is 1.31 bits per heavy atom. The van der Waals surface area contributed by atoms with E-state index in [-0.39, 0.29) is 0 Å². The van der Waals surface area contributed by atoms with Crippen LogP contribution in [0.2, 0.25) is 0 Å². The highest BCUT2D eigenvalue weighted by atomic mass is 16.6. The molecule has 0 bridgehead atoms.